The van der Waals surface area contributed by atoms with Crippen LogP contribution in [0.4, 0.5) is 5.95 Å². The normalized spacial score (nSPS) is 11.3. The van der Waals surface area contributed by atoms with Crippen molar-refractivity contribution in [2.24, 2.45) is 7.05 Å². The monoisotopic (exact) mass is 244 g/mol. The van der Waals surface area contributed by atoms with E-state index in [2.05, 4.69) is 20.2 Å². The SMILES string of the molecule is Cc1noc(C)c1-c1nn(C)c2nc(N)ncc12. The predicted octanol–water partition coefficient (Wildman–Crippen LogP) is 1.22. The summed E-state index contributed by atoms with van der Waals surface area (Å²) in [4.78, 5) is 8.19. The van der Waals surface area contributed by atoms with Crippen LogP contribution in [0.5, 0.6) is 0 Å². The zero-order valence-corrected chi connectivity index (χ0v) is 10.3. The summed E-state index contributed by atoms with van der Waals surface area (Å²) in [7, 11) is 1.82. The molecule has 7 heteroatoms. The van der Waals surface area contributed by atoms with E-state index in [1.807, 2.05) is 20.9 Å². The molecule has 0 bridgehead atoms. The first-order valence-electron chi connectivity index (χ1n) is 5.46. The van der Waals surface area contributed by atoms with Gasteiger partial charge in [0.2, 0.25) is 5.95 Å². The first-order chi connectivity index (χ1) is 8.58. The van der Waals surface area contributed by atoms with Crippen molar-refractivity contribution in [1.29, 1.82) is 0 Å². The molecule has 92 valence electrons. The van der Waals surface area contributed by atoms with Gasteiger partial charge in [0.1, 0.15) is 11.5 Å². The summed E-state index contributed by atoms with van der Waals surface area (Å²) >= 11 is 0. The van der Waals surface area contributed by atoms with E-state index in [0.717, 1.165) is 28.1 Å². The molecule has 0 fully saturated rings. The number of anilines is 1. The van der Waals surface area contributed by atoms with Crippen molar-refractivity contribution >= 4 is 17.0 Å². The molecule has 0 atom stereocenters. The van der Waals surface area contributed by atoms with Crippen LogP contribution in [0.1, 0.15) is 11.5 Å². The molecule has 0 amide bonds. The maximum atomic E-state index is 5.59. The average molecular weight is 244 g/mol. The fraction of sp³-hybridized carbons (Fsp3) is 0.273. The highest BCUT2D eigenvalue weighted by atomic mass is 16.5. The second kappa shape index (κ2) is 3.52. The molecule has 0 aliphatic carbocycles. The summed E-state index contributed by atoms with van der Waals surface area (Å²) in [6.07, 6.45) is 1.67. The van der Waals surface area contributed by atoms with Gasteiger partial charge in [-0.05, 0) is 13.8 Å². The van der Waals surface area contributed by atoms with Crippen LogP contribution >= 0.6 is 0 Å². The Labute approximate surface area is 103 Å². The van der Waals surface area contributed by atoms with Gasteiger partial charge >= 0.3 is 0 Å². The third kappa shape index (κ3) is 1.37. The second-order valence-electron chi connectivity index (χ2n) is 4.14. The van der Waals surface area contributed by atoms with Crippen LogP contribution in [0.25, 0.3) is 22.3 Å². The fourth-order valence-electron chi connectivity index (χ4n) is 2.06. The number of aromatic nitrogens is 5. The fourth-order valence-corrected chi connectivity index (χ4v) is 2.06. The molecule has 7 nitrogen and oxygen atoms in total. The van der Waals surface area contributed by atoms with Crippen molar-refractivity contribution in [2.75, 3.05) is 5.73 Å². The van der Waals surface area contributed by atoms with E-state index >= 15 is 0 Å². The number of nitrogens with zero attached hydrogens (tertiary/aromatic N) is 5. The number of nitrogen functional groups attached to an aromatic ring is 1. The largest absolute Gasteiger partial charge is 0.368 e. The average Bonchev–Trinajstić information content (AvgIpc) is 2.81. The van der Waals surface area contributed by atoms with Gasteiger partial charge in [0.15, 0.2) is 5.65 Å². The molecule has 0 radical (unpaired) electrons. The molecule has 2 N–H and O–H groups in total. The van der Waals surface area contributed by atoms with Gasteiger partial charge in [-0.2, -0.15) is 10.1 Å². The lowest BCUT2D eigenvalue weighted by atomic mass is 10.1. The summed E-state index contributed by atoms with van der Waals surface area (Å²) in [6, 6.07) is 0. The number of hydrogen-bond donors (Lipinski definition) is 1. The van der Waals surface area contributed by atoms with E-state index in [4.69, 9.17) is 10.3 Å². The van der Waals surface area contributed by atoms with Gasteiger partial charge in [0.05, 0.1) is 16.6 Å². The second-order valence-corrected chi connectivity index (χ2v) is 4.14. The molecular weight excluding hydrogens is 232 g/mol. The highest BCUT2D eigenvalue weighted by molar-refractivity contribution is 5.92. The summed E-state index contributed by atoms with van der Waals surface area (Å²) in [5.74, 6) is 0.958. The highest BCUT2D eigenvalue weighted by Crippen LogP contribution is 2.31. The Hall–Kier alpha value is -2.44. The highest BCUT2D eigenvalue weighted by Gasteiger charge is 2.19. The Morgan fingerprint density at radius 2 is 2.11 bits per heavy atom. The van der Waals surface area contributed by atoms with Gasteiger partial charge in [-0.15, -0.1) is 0 Å². The van der Waals surface area contributed by atoms with Gasteiger partial charge in [-0.1, -0.05) is 5.16 Å². The third-order valence-corrected chi connectivity index (χ3v) is 2.87. The first kappa shape index (κ1) is 10.7. The molecule has 0 aromatic carbocycles. The number of nitrogens with two attached hydrogens (primary N) is 1. The standard InChI is InChI=1S/C11H12N6O/c1-5-8(6(2)18-16-5)9-7-4-13-11(12)14-10(7)17(3)15-9/h4H,1-3H3,(H2,12,13,14). The Bertz CT molecular complexity index is 722. The Kier molecular flexibility index (Phi) is 2.09. The van der Waals surface area contributed by atoms with Crippen molar-refractivity contribution in [2.45, 2.75) is 13.8 Å². The van der Waals surface area contributed by atoms with Crippen LogP contribution in [0.15, 0.2) is 10.7 Å². The zero-order valence-electron chi connectivity index (χ0n) is 10.3. The molecule has 0 unspecified atom stereocenters. The van der Waals surface area contributed by atoms with Crippen molar-refractivity contribution in [1.82, 2.24) is 24.9 Å². The van der Waals surface area contributed by atoms with Gasteiger partial charge in [-0.3, -0.25) is 0 Å². The Morgan fingerprint density at radius 3 is 2.78 bits per heavy atom. The maximum absolute atomic E-state index is 5.59. The molecule has 0 spiro atoms. The van der Waals surface area contributed by atoms with Crippen molar-refractivity contribution in [3.8, 4) is 11.3 Å². The lowest BCUT2D eigenvalue weighted by Gasteiger charge is -1.95. The van der Waals surface area contributed by atoms with Crippen molar-refractivity contribution in [3.63, 3.8) is 0 Å². The molecule has 3 rings (SSSR count). The minimum atomic E-state index is 0.232. The van der Waals surface area contributed by atoms with E-state index in [9.17, 15) is 0 Å². The number of hydrogen-bond acceptors (Lipinski definition) is 6. The summed E-state index contributed by atoms with van der Waals surface area (Å²) in [5.41, 5.74) is 8.72. The molecule has 0 saturated heterocycles. The molecule has 3 aromatic rings. The Balaban J connectivity index is 2.37. The van der Waals surface area contributed by atoms with E-state index < -0.39 is 0 Å². The quantitative estimate of drug-likeness (QED) is 0.691. The van der Waals surface area contributed by atoms with Crippen LogP contribution in [0.3, 0.4) is 0 Å². The lowest BCUT2D eigenvalue weighted by Crippen LogP contribution is -1.97. The predicted molar refractivity (Wildman–Crippen MR) is 65.7 cm³/mol. The van der Waals surface area contributed by atoms with Crippen LogP contribution in [0.2, 0.25) is 0 Å². The topological polar surface area (TPSA) is 95.7 Å². The molecule has 18 heavy (non-hydrogen) atoms. The van der Waals surface area contributed by atoms with Crippen LogP contribution in [-0.4, -0.2) is 24.9 Å². The Morgan fingerprint density at radius 1 is 1.33 bits per heavy atom. The molecular formula is C11H12N6O. The molecule has 0 aliphatic heterocycles. The van der Waals surface area contributed by atoms with Gasteiger partial charge < -0.3 is 10.3 Å². The zero-order chi connectivity index (χ0) is 12.9. The number of aryl methyl sites for hydroxylation is 3. The van der Waals surface area contributed by atoms with Crippen LogP contribution in [0, 0.1) is 13.8 Å². The summed E-state index contributed by atoms with van der Waals surface area (Å²) < 4.78 is 6.84. The summed E-state index contributed by atoms with van der Waals surface area (Å²) in [5, 5.41) is 9.22. The van der Waals surface area contributed by atoms with E-state index in [-0.39, 0.29) is 5.95 Å². The van der Waals surface area contributed by atoms with Crippen LogP contribution in [-0.2, 0) is 7.05 Å². The smallest absolute Gasteiger partial charge is 0.222 e. The minimum absolute atomic E-state index is 0.232. The lowest BCUT2D eigenvalue weighted by molar-refractivity contribution is 0.393. The number of rotatable bonds is 1. The summed E-state index contributed by atoms with van der Waals surface area (Å²) in [6.45, 7) is 3.73. The molecule has 3 aromatic heterocycles. The maximum Gasteiger partial charge on any atom is 0.222 e. The molecule has 0 aliphatic rings. The molecule has 3 heterocycles. The molecule has 0 saturated carbocycles. The van der Waals surface area contributed by atoms with Crippen molar-refractivity contribution in [3.05, 3.63) is 17.7 Å². The van der Waals surface area contributed by atoms with Crippen LogP contribution < -0.4 is 5.73 Å². The van der Waals surface area contributed by atoms with E-state index in [0.29, 0.717) is 5.65 Å². The van der Waals surface area contributed by atoms with E-state index in [1.165, 1.54) is 0 Å². The first-order valence-corrected chi connectivity index (χ1v) is 5.46. The minimum Gasteiger partial charge on any atom is -0.368 e. The van der Waals surface area contributed by atoms with Gasteiger partial charge in [0.25, 0.3) is 0 Å². The van der Waals surface area contributed by atoms with Gasteiger partial charge in [0, 0.05) is 13.2 Å². The third-order valence-electron chi connectivity index (χ3n) is 2.87. The number of fused-ring (bicyclic) bond motifs is 1. The van der Waals surface area contributed by atoms with E-state index in [1.54, 1.807) is 10.9 Å². The van der Waals surface area contributed by atoms with Gasteiger partial charge in [-0.25, -0.2) is 9.67 Å². The van der Waals surface area contributed by atoms with Crippen molar-refractivity contribution < 1.29 is 4.52 Å².